The van der Waals surface area contributed by atoms with Crippen LogP contribution in [0.4, 0.5) is 10.5 Å². The Kier molecular flexibility index (Phi) is 7.06. The van der Waals surface area contributed by atoms with Crippen LogP contribution in [-0.4, -0.2) is 34.7 Å². The van der Waals surface area contributed by atoms with E-state index in [4.69, 9.17) is 9.26 Å². The molecule has 0 atom stereocenters. The third kappa shape index (κ3) is 5.59. The quantitative estimate of drug-likeness (QED) is 0.592. The number of aryl methyl sites for hydroxylation is 2. The molecule has 0 fully saturated rings. The van der Waals surface area contributed by atoms with Crippen molar-refractivity contribution < 1.29 is 14.1 Å². The van der Waals surface area contributed by atoms with Crippen LogP contribution < -0.4 is 10.1 Å². The van der Waals surface area contributed by atoms with Crippen molar-refractivity contribution in [1.29, 1.82) is 0 Å². The number of amides is 2. The zero-order valence-electron chi connectivity index (χ0n) is 17.9. The van der Waals surface area contributed by atoms with E-state index in [0.29, 0.717) is 24.7 Å². The van der Waals surface area contributed by atoms with Gasteiger partial charge in [-0.15, -0.1) is 0 Å². The van der Waals surface area contributed by atoms with E-state index in [1.807, 2.05) is 56.3 Å². The van der Waals surface area contributed by atoms with Crippen molar-refractivity contribution in [3.63, 3.8) is 0 Å². The second-order valence-electron chi connectivity index (χ2n) is 7.24. The first-order valence-electron chi connectivity index (χ1n) is 10.1. The van der Waals surface area contributed by atoms with Crippen molar-refractivity contribution >= 4 is 11.7 Å². The topological polar surface area (TPSA) is 80.5 Å². The van der Waals surface area contributed by atoms with Gasteiger partial charge in [-0.25, -0.2) is 4.79 Å². The van der Waals surface area contributed by atoms with Gasteiger partial charge < -0.3 is 19.5 Å². The molecule has 0 aliphatic carbocycles. The van der Waals surface area contributed by atoms with Crippen molar-refractivity contribution in [2.45, 2.75) is 40.2 Å². The number of ether oxygens (including phenoxy) is 1. The smallest absolute Gasteiger partial charge is 0.321 e. The molecule has 1 heterocycles. The lowest BCUT2D eigenvalue weighted by Gasteiger charge is -2.18. The summed E-state index contributed by atoms with van der Waals surface area (Å²) in [6, 6.07) is 13.6. The standard InChI is InChI=1S/C23H28N4O3/c1-5-18-9-11-19(12-10-18)29-15-22-25-21(26-30-22)13-14-27(4)23(28)24-20-8-6-7-16(2)17(20)3/h6-12H,5,13-15H2,1-4H3,(H,24,28). The van der Waals surface area contributed by atoms with Crippen molar-refractivity contribution in [2.75, 3.05) is 18.9 Å². The van der Waals surface area contributed by atoms with Crippen LogP contribution >= 0.6 is 0 Å². The lowest BCUT2D eigenvalue weighted by atomic mass is 10.1. The molecule has 7 heteroatoms. The van der Waals surface area contributed by atoms with Gasteiger partial charge in [0.15, 0.2) is 12.4 Å². The lowest BCUT2D eigenvalue weighted by Crippen LogP contribution is -2.33. The molecular formula is C23H28N4O3. The van der Waals surface area contributed by atoms with Gasteiger partial charge in [0.1, 0.15) is 5.75 Å². The fourth-order valence-electron chi connectivity index (χ4n) is 2.88. The number of hydrogen-bond acceptors (Lipinski definition) is 5. The first-order chi connectivity index (χ1) is 14.5. The molecule has 0 spiro atoms. The molecule has 3 aromatic rings. The molecule has 0 aliphatic heterocycles. The normalized spacial score (nSPS) is 10.7. The molecule has 0 bridgehead atoms. The number of benzene rings is 2. The van der Waals surface area contributed by atoms with Crippen LogP contribution in [0.5, 0.6) is 5.75 Å². The van der Waals surface area contributed by atoms with E-state index in [2.05, 4.69) is 22.4 Å². The molecule has 158 valence electrons. The summed E-state index contributed by atoms with van der Waals surface area (Å²) in [6.45, 7) is 6.80. The average Bonchev–Trinajstić information content (AvgIpc) is 3.22. The third-order valence-corrected chi connectivity index (χ3v) is 5.07. The molecule has 2 aromatic carbocycles. The van der Waals surface area contributed by atoms with Gasteiger partial charge in [0.05, 0.1) is 0 Å². The van der Waals surface area contributed by atoms with Gasteiger partial charge in [-0.1, -0.05) is 36.3 Å². The molecule has 0 unspecified atom stereocenters. The Morgan fingerprint density at radius 2 is 1.93 bits per heavy atom. The maximum absolute atomic E-state index is 12.4. The molecule has 0 saturated heterocycles. The fraction of sp³-hybridized carbons (Fsp3) is 0.348. The molecule has 0 aliphatic rings. The number of hydrogen-bond donors (Lipinski definition) is 1. The number of rotatable bonds is 8. The van der Waals surface area contributed by atoms with Crippen LogP contribution in [0.15, 0.2) is 47.0 Å². The predicted octanol–water partition coefficient (Wildman–Crippen LogP) is 4.53. The lowest BCUT2D eigenvalue weighted by molar-refractivity contribution is 0.222. The maximum atomic E-state index is 12.4. The van der Waals surface area contributed by atoms with Crippen molar-refractivity contribution in [3.8, 4) is 5.75 Å². The minimum absolute atomic E-state index is 0.175. The van der Waals surface area contributed by atoms with Crippen LogP contribution in [0.25, 0.3) is 0 Å². The SMILES string of the molecule is CCc1ccc(OCc2nc(CCN(C)C(=O)Nc3cccc(C)c3C)no2)cc1. The largest absolute Gasteiger partial charge is 0.484 e. The number of likely N-dealkylation sites (N-methyl/N-ethyl adjacent to an activating group) is 1. The third-order valence-electron chi connectivity index (χ3n) is 5.07. The molecule has 7 nitrogen and oxygen atoms in total. The molecule has 3 rings (SSSR count). The molecular weight excluding hydrogens is 380 g/mol. The minimum Gasteiger partial charge on any atom is -0.484 e. The summed E-state index contributed by atoms with van der Waals surface area (Å²) in [5.74, 6) is 1.71. The molecule has 0 saturated carbocycles. The van der Waals surface area contributed by atoms with Gasteiger partial charge in [-0.2, -0.15) is 4.98 Å². The van der Waals surface area contributed by atoms with Gasteiger partial charge >= 0.3 is 6.03 Å². The van der Waals surface area contributed by atoms with Crippen molar-refractivity contribution in [1.82, 2.24) is 15.0 Å². The molecule has 1 N–H and O–H groups in total. The van der Waals surface area contributed by atoms with Crippen molar-refractivity contribution in [3.05, 3.63) is 70.9 Å². The highest BCUT2D eigenvalue weighted by molar-refractivity contribution is 5.90. The Bertz CT molecular complexity index is 982. The highest BCUT2D eigenvalue weighted by atomic mass is 16.5. The summed E-state index contributed by atoms with van der Waals surface area (Å²) in [7, 11) is 1.74. The van der Waals surface area contributed by atoms with E-state index in [1.165, 1.54) is 5.56 Å². The number of nitrogens with zero attached hydrogens (tertiary/aromatic N) is 3. The van der Waals surface area contributed by atoms with E-state index in [1.54, 1.807) is 11.9 Å². The van der Waals surface area contributed by atoms with Gasteiger partial charge in [-0.3, -0.25) is 0 Å². The van der Waals surface area contributed by atoms with Gasteiger partial charge in [0, 0.05) is 25.7 Å². The van der Waals surface area contributed by atoms with Crippen LogP contribution in [0, 0.1) is 13.8 Å². The summed E-state index contributed by atoms with van der Waals surface area (Å²) in [4.78, 5) is 18.4. The van der Waals surface area contributed by atoms with E-state index in [-0.39, 0.29) is 12.6 Å². The molecule has 30 heavy (non-hydrogen) atoms. The summed E-state index contributed by atoms with van der Waals surface area (Å²) in [5, 5.41) is 6.91. The van der Waals surface area contributed by atoms with Crippen LogP contribution in [0.1, 0.15) is 35.3 Å². The monoisotopic (exact) mass is 408 g/mol. The first kappa shape index (κ1) is 21.4. The number of carbonyl (C=O) groups excluding carboxylic acids is 1. The molecule has 0 radical (unpaired) electrons. The van der Waals surface area contributed by atoms with Crippen LogP contribution in [0.3, 0.4) is 0 Å². The summed E-state index contributed by atoms with van der Waals surface area (Å²) >= 11 is 0. The predicted molar refractivity (Wildman–Crippen MR) is 116 cm³/mol. The Hall–Kier alpha value is -3.35. The molecule has 1 aromatic heterocycles. The van der Waals surface area contributed by atoms with Crippen LogP contribution in [-0.2, 0) is 19.4 Å². The van der Waals surface area contributed by atoms with E-state index in [0.717, 1.165) is 29.0 Å². The zero-order chi connectivity index (χ0) is 21.5. The van der Waals surface area contributed by atoms with E-state index in [9.17, 15) is 4.79 Å². The molecule has 2 amide bonds. The highest BCUT2D eigenvalue weighted by Crippen LogP contribution is 2.18. The van der Waals surface area contributed by atoms with Crippen LogP contribution in [0.2, 0.25) is 0 Å². The number of urea groups is 1. The number of carbonyl (C=O) groups is 1. The Morgan fingerprint density at radius 1 is 1.17 bits per heavy atom. The second-order valence-corrected chi connectivity index (χ2v) is 7.24. The number of nitrogens with one attached hydrogen (secondary N) is 1. The fourth-order valence-corrected chi connectivity index (χ4v) is 2.88. The number of anilines is 1. The van der Waals surface area contributed by atoms with E-state index < -0.39 is 0 Å². The highest BCUT2D eigenvalue weighted by Gasteiger charge is 2.13. The Labute approximate surface area is 177 Å². The van der Waals surface area contributed by atoms with Crippen molar-refractivity contribution in [2.24, 2.45) is 0 Å². The Morgan fingerprint density at radius 3 is 2.67 bits per heavy atom. The van der Waals surface area contributed by atoms with E-state index >= 15 is 0 Å². The van der Waals surface area contributed by atoms with Gasteiger partial charge in [0.25, 0.3) is 5.89 Å². The Balaban J connectivity index is 1.47. The first-order valence-corrected chi connectivity index (χ1v) is 10.1. The summed E-state index contributed by atoms with van der Waals surface area (Å²) in [6.07, 6.45) is 1.48. The average molecular weight is 409 g/mol. The van der Waals surface area contributed by atoms with Gasteiger partial charge in [0.2, 0.25) is 0 Å². The summed E-state index contributed by atoms with van der Waals surface area (Å²) in [5.41, 5.74) is 4.27. The zero-order valence-corrected chi connectivity index (χ0v) is 17.9. The number of aromatic nitrogens is 2. The maximum Gasteiger partial charge on any atom is 0.321 e. The summed E-state index contributed by atoms with van der Waals surface area (Å²) < 4.78 is 10.9. The second kappa shape index (κ2) is 9.91. The minimum atomic E-state index is -0.175. The van der Waals surface area contributed by atoms with Gasteiger partial charge in [-0.05, 0) is 55.2 Å².